The number of halogens is 4. The summed E-state index contributed by atoms with van der Waals surface area (Å²) in [7, 11) is 0. The smallest absolute Gasteiger partial charge is 0.416 e. The van der Waals surface area contributed by atoms with Crippen molar-refractivity contribution in [3.8, 4) is 16.9 Å². The van der Waals surface area contributed by atoms with Crippen molar-refractivity contribution < 1.29 is 32.2 Å². The summed E-state index contributed by atoms with van der Waals surface area (Å²) in [5.74, 6) is -0.735. The first kappa shape index (κ1) is 23.8. The molecular weight excluding hydrogens is 446 g/mol. The van der Waals surface area contributed by atoms with Crippen molar-refractivity contribution in [1.82, 2.24) is 4.98 Å². The molecule has 3 rings (SSSR count). The van der Waals surface area contributed by atoms with E-state index in [1.54, 1.807) is 6.92 Å². The molecule has 1 aromatic heterocycles. The Hall–Kier alpha value is -3.86. The lowest BCUT2D eigenvalue weighted by molar-refractivity contribution is -0.138. The Morgan fingerprint density at radius 3 is 2.48 bits per heavy atom. The molecule has 0 aliphatic heterocycles. The van der Waals surface area contributed by atoms with Crippen LogP contribution in [0.25, 0.3) is 11.1 Å². The maximum Gasteiger partial charge on any atom is 0.416 e. The first-order chi connectivity index (χ1) is 15.6. The van der Waals surface area contributed by atoms with E-state index in [0.29, 0.717) is 17.2 Å². The number of carbonyl (C=O) groups excluding carboxylic acids is 1. The summed E-state index contributed by atoms with van der Waals surface area (Å²) >= 11 is 0. The number of aliphatic hydroxyl groups excluding tert-OH is 1. The lowest BCUT2D eigenvalue weighted by Gasteiger charge is -2.14. The van der Waals surface area contributed by atoms with Crippen LogP contribution in [-0.4, -0.2) is 22.7 Å². The lowest BCUT2D eigenvalue weighted by Crippen LogP contribution is -2.21. The first-order valence-corrected chi connectivity index (χ1v) is 9.66. The van der Waals surface area contributed by atoms with Crippen molar-refractivity contribution in [3.63, 3.8) is 0 Å². The van der Waals surface area contributed by atoms with Gasteiger partial charge < -0.3 is 25.5 Å². The Labute approximate surface area is 185 Å². The van der Waals surface area contributed by atoms with Crippen LogP contribution in [0.4, 0.5) is 33.7 Å². The molecule has 0 bridgehead atoms. The number of aliphatic hydroxyl groups is 1. The Kier molecular flexibility index (Phi) is 7.02. The van der Waals surface area contributed by atoms with Gasteiger partial charge in [-0.3, -0.25) is 4.79 Å². The molecule has 0 fully saturated rings. The van der Waals surface area contributed by atoms with Crippen molar-refractivity contribution >= 4 is 17.4 Å². The van der Waals surface area contributed by atoms with Gasteiger partial charge in [0.15, 0.2) is 5.75 Å². The van der Waals surface area contributed by atoms with Crippen LogP contribution >= 0.6 is 0 Å². The van der Waals surface area contributed by atoms with Crippen LogP contribution in [0.1, 0.15) is 18.1 Å². The maximum absolute atomic E-state index is 14.6. The Balaban J connectivity index is 1.76. The summed E-state index contributed by atoms with van der Waals surface area (Å²) < 4.78 is 59.1. The number of benzene rings is 2. The average Bonchev–Trinajstić information content (AvgIpc) is 2.76. The van der Waals surface area contributed by atoms with E-state index in [1.165, 1.54) is 30.5 Å². The minimum Gasteiger partial charge on any atom is -0.488 e. The minimum absolute atomic E-state index is 0.0717. The lowest BCUT2D eigenvalue weighted by atomic mass is 10.1. The molecule has 0 saturated heterocycles. The number of urea groups is 1. The fraction of sp³-hybridized carbons (Fsp3) is 0.182. The van der Waals surface area contributed by atoms with E-state index in [0.717, 1.165) is 12.1 Å². The molecule has 11 heteroatoms. The number of rotatable bonds is 6. The molecule has 0 aliphatic rings. The van der Waals surface area contributed by atoms with E-state index in [9.17, 15) is 27.2 Å². The minimum atomic E-state index is -4.72. The second-order valence-electron chi connectivity index (χ2n) is 6.82. The number of anilines is 2. The summed E-state index contributed by atoms with van der Waals surface area (Å²) in [6.45, 7) is 1.16. The number of hydrogen-bond donors (Lipinski definition) is 4. The largest absolute Gasteiger partial charge is 0.488 e. The van der Waals surface area contributed by atoms with Gasteiger partial charge in [0.1, 0.15) is 5.82 Å². The number of ether oxygens (including phenoxy) is 1. The highest BCUT2D eigenvalue weighted by Gasteiger charge is 2.33. The number of alkyl halides is 3. The van der Waals surface area contributed by atoms with Crippen molar-refractivity contribution in [2.75, 3.05) is 17.2 Å². The van der Waals surface area contributed by atoms with Crippen LogP contribution in [0.2, 0.25) is 0 Å². The molecule has 2 amide bonds. The van der Waals surface area contributed by atoms with E-state index in [4.69, 9.17) is 9.84 Å². The molecule has 0 atom stereocenters. The van der Waals surface area contributed by atoms with E-state index in [-0.39, 0.29) is 29.3 Å². The quantitative estimate of drug-likeness (QED) is 0.395. The fourth-order valence-electron chi connectivity index (χ4n) is 3.03. The molecule has 7 nitrogen and oxygen atoms in total. The summed E-state index contributed by atoms with van der Waals surface area (Å²) in [6.07, 6.45) is -3.34. The molecule has 0 radical (unpaired) electrons. The van der Waals surface area contributed by atoms with Crippen LogP contribution in [0, 0.1) is 5.82 Å². The second kappa shape index (κ2) is 9.74. The topological polar surface area (TPSA) is 103 Å². The van der Waals surface area contributed by atoms with Gasteiger partial charge in [-0.25, -0.2) is 9.18 Å². The molecule has 3 aromatic rings. The van der Waals surface area contributed by atoms with Gasteiger partial charge in [0, 0.05) is 17.4 Å². The number of hydrogen-bond acceptors (Lipinski definition) is 4. The van der Waals surface area contributed by atoms with Crippen molar-refractivity contribution in [1.29, 1.82) is 0 Å². The summed E-state index contributed by atoms with van der Waals surface area (Å²) in [5, 5.41) is 13.5. The average molecular weight is 465 g/mol. The number of H-pyrrole nitrogens is 1. The Morgan fingerprint density at radius 1 is 1.09 bits per heavy atom. The van der Waals surface area contributed by atoms with Crippen molar-refractivity contribution in [2.24, 2.45) is 0 Å². The third-order valence-corrected chi connectivity index (χ3v) is 4.56. The fourth-order valence-corrected chi connectivity index (χ4v) is 3.03. The Morgan fingerprint density at radius 2 is 1.85 bits per heavy atom. The molecular formula is C22H19F4N3O4. The zero-order chi connectivity index (χ0) is 24.2. The third kappa shape index (κ3) is 5.69. The highest BCUT2D eigenvalue weighted by molar-refractivity contribution is 6.00. The number of pyridine rings is 1. The molecule has 33 heavy (non-hydrogen) atoms. The predicted molar refractivity (Wildman–Crippen MR) is 114 cm³/mol. The molecule has 0 spiro atoms. The summed E-state index contributed by atoms with van der Waals surface area (Å²) in [6, 6.07) is 7.26. The molecule has 1 heterocycles. The van der Waals surface area contributed by atoms with Gasteiger partial charge in [-0.15, -0.1) is 0 Å². The molecule has 4 N–H and O–H groups in total. The third-order valence-electron chi connectivity index (χ3n) is 4.56. The van der Waals surface area contributed by atoms with Crippen LogP contribution in [0.5, 0.6) is 5.75 Å². The highest BCUT2D eigenvalue weighted by atomic mass is 19.4. The van der Waals surface area contributed by atoms with Gasteiger partial charge in [0.05, 0.1) is 24.5 Å². The van der Waals surface area contributed by atoms with Gasteiger partial charge in [0.25, 0.3) is 5.56 Å². The first-order valence-electron chi connectivity index (χ1n) is 9.66. The summed E-state index contributed by atoms with van der Waals surface area (Å²) in [5.41, 5.74) is -1.41. The number of aromatic nitrogens is 1. The number of amides is 2. The van der Waals surface area contributed by atoms with Gasteiger partial charge >= 0.3 is 12.2 Å². The van der Waals surface area contributed by atoms with Crippen molar-refractivity contribution in [3.05, 3.63) is 76.0 Å². The van der Waals surface area contributed by atoms with E-state index in [2.05, 4.69) is 15.6 Å². The van der Waals surface area contributed by atoms with Gasteiger partial charge in [0.2, 0.25) is 0 Å². The normalized spacial score (nSPS) is 11.2. The number of nitrogens with one attached hydrogen (secondary N) is 3. The van der Waals surface area contributed by atoms with Gasteiger partial charge in [-0.1, -0.05) is 12.1 Å². The van der Waals surface area contributed by atoms with Crippen LogP contribution in [-0.2, 0) is 12.8 Å². The number of carbonyl (C=O) groups is 1. The molecule has 2 aromatic carbocycles. The molecule has 0 unspecified atom stereocenters. The SMILES string of the molecule is CCOc1cc(-c2ccc(NC(=O)Nc3ccc(CO)c(C(F)(F)F)c3)c(F)c2)c[nH]c1=O. The molecule has 0 saturated carbocycles. The molecule has 174 valence electrons. The van der Waals surface area contributed by atoms with Crippen molar-refractivity contribution in [2.45, 2.75) is 19.7 Å². The Bertz CT molecular complexity index is 1220. The second-order valence-corrected chi connectivity index (χ2v) is 6.82. The van der Waals surface area contributed by atoms with Gasteiger partial charge in [-0.2, -0.15) is 13.2 Å². The monoisotopic (exact) mass is 465 g/mol. The van der Waals surface area contributed by atoms with E-state index >= 15 is 0 Å². The van der Waals surface area contributed by atoms with Crippen LogP contribution in [0.15, 0.2) is 53.5 Å². The van der Waals surface area contributed by atoms with E-state index < -0.39 is 35.8 Å². The van der Waals surface area contributed by atoms with E-state index in [1.807, 2.05) is 0 Å². The maximum atomic E-state index is 14.6. The number of aromatic amines is 1. The summed E-state index contributed by atoms with van der Waals surface area (Å²) in [4.78, 5) is 26.4. The zero-order valence-corrected chi connectivity index (χ0v) is 17.2. The highest BCUT2D eigenvalue weighted by Crippen LogP contribution is 2.34. The molecule has 0 aliphatic carbocycles. The van der Waals surface area contributed by atoms with Crippen LogP contribution in [0.3, 0.4) is 0 Å². The predicted octanol–water partition coefficient (Wildman–Crippen LogP) is 4.73. The standard InChI is InChI=1S/C22H19F4N3O4/c1-2-33-19-8-14(10-27-20(19)31)12-4-6-18(17(23)7-12)29-21(32)28-15-5-3-13(11-30)16(9-15)22(24,25)26/h3-10,30H,2,11H2,1H3,(H,27,31)(H2,28,29,32). The van der Waals surface area contributed by atoms with Gasteiger partial charge in [-0.05, 0) is 48.4 Å². The zero-order valence-electron chi connectivity index (χ0n) is 17.2. The van der Waals surface area contributed by atoms with Crippen LogP contribution < -0.4 is 20.9 Å².